The molecule has 0 spiro atoms. The van der Waals surface area contributed by atoms with Gasteiger partial charge in [0.25, 0.3) is 0 Å². The molecule has 2 saturated heterocycles. The van der Waals surface area contributed by atoms with E-state index in [2.05, 4.69) is 20.6 Å². The number of hydrogen-bond donors (Lipinski definition) is 3. The highest BCUT2D eigenvalue weighted by Gasteiger charge is 2.33. The predicted octanol–water partition coefficient (Wildman–Crippen LogP) is 2.98. The molecule has 0 radical (unpaired) electrons. The number of amides is 1. The highest BCUT2D eigenvalue weighted by atomic mass is 35.5. The third-order valence-electron chi connectivity index (χ3n) is 5.79. The maximum atomic E-state index is 12.6. The van der Waals surface area contributed by atoms with Crippen molar-refractivity contribution in [3.63, 3.8) is 0 Å². The lowest BCUT2D eigenvalue weighted by molar-refractivity contribution is -0.133. The molecule has 4 rings (SSSR count). The highest BCUT2D eigenvalue weighted by molar-refractivity contribution is 6.35. The van der Waals surface area contributed by atoms with Gasteiger partial charge in [0, 0.05) is 42.8 Å². The summed E-state index contributed by atoms with van der Waals surface area (Å²) in [5.41, 5.74) is 0.880. The van der Waals surface area contributed by atoms with Crippen LogP contribution in [0.2, 0.25) is 15.1 Å². The molecule has 32 heavy (non-hydrogen) atoms. The van der Waals surface area contributed by atoms with Crippen LogP contribution in [0.15, 0.2) is 24.4 Å². The molecule has 1 aromatic heterocycles. The summed E-state index contributed by atoms with van der Waals surface area (Å²) in [5, 5.41) is 17.6. The molecule has 0 bridgehead atoms. The van der Waals surface area contributed by atoms with Crippen LogP contribution < -0.4 is 15.5 Å². The Kier molecular flexibility index (Phi) is 7.27. The molecule has 172 valence electrons. The van der Waals surface area contributed by atoms with Crippen LogP contribution in [0.25, 0.3) is 0 Å². The standard InChI is InChI=1S/C21H25Cl3N6O2/c1-12(15-3-2-13(22)8-16(15)23)27-19-17(24)11-26-21(28-19)30-6-4-29(5-7-30)20(32)18-9-14(31)10-25-18/h2-3,8,11-12,14,18,25,31H,4-7,9-10H2,1H3,(H,26,27,28)/t12-,14-,18-/m1/s1. The average molecular weight is 500 g/mol. The summed E-state index contributed by atoms with van der Waals surface area (Å²) in [4.78, 5) is 25.5. The lowest BCUT2D eigenvalue weighted by Gasteiger charge is -2.36. The summed E-state index contributed by atoms with van der Waals surface area (Å²) in [5.74, 6) is 1.10. The van der Waals surface area contributed by atoms with Gasteiger partial charge in [-0.15, -0.1) is 0 Å². The van der Waals surface area contributed by atoms with Crippen LogP contribution in [0.1, 0.15) is 24.9 Å². The average Bonchev–Trinajstić information content (AvgIpc) is 3.21. The first-order valence-electron chi connectivity index (χ1n) is 10.5. The number of aromatic nitrogens is 2. The van der Waals surface area contributed by atoms with Gasteiger partial charge in [-0.2, -0.15) is 4.98 Å². The molecule has 8 nitrogen and oxygen atoms in total. The van der Waals surface area contributed by atoms with E-state index >= 15 is 0 Å². The maximum absolute atomic E-state index is 12.6. The summed E-state index contributed by atoms with van der Waals surface area (Å²) < 4.78 is 0. The Morgan fingerprint density at radius 2 is 1.97 bits per heavy atom. The van der Waals surface area contributed by atoms with Crippen LogP contribution >= 0.6 is 34.8 Å². The number of anilines is 2. The molecule has 2 aromatic rings. The number of piperazine rings is 1. The Hall–Kier alpha value is -1.84. The molecule has 0 aliphatic carbocycles. The van der Waals surface area contributed by atoms with E-state index in [0.717, 1.165) is 5.56 Å². The quantitative estimate of drug-likeness (QED) is 0.582. The lowest BCUT2D eigenvalue weighted by Crippen LogP contribution is -2.53. The fourth-order valence-electron chi connectivity index (χ4n) is 4.00. The highest BCUT2D eigenvalue weighted by Crippen LogP contribution is 2.30. The normalized spacial score (nSPS) is 22.2. The largest absolute Gasteiger partial charge is 0.392 e. The number of halogens is 3. The van der Waals surface area contributed by atoms with Crippen molar-refractivity contribution in [3.8, 4) is 0 Å². The van der Waals surface area contributed by atoms with Gasteiger partial charge in [-0.3, -0.25) is 4.79 Å². The minimum atomic E-state index is -0.455. The van der Waals surface area contributed by atoms with Crippen molar-refractivity contribution in [1.82, 2.24) is 20.2 Å². The molecule has 0 unspecified atom stereocenters. The van der Waals surface area contributed by atoms with E-state index in [0.29, 0.717) is 66.0 Å². The van der Waals surface area contributed by atoms with E-state index in [-0.39, 0.29) is 18.0 Å². The minimum absolute atomic E-state index is 0.0363. The van der Waals surface area contributed by atoms with Gasteiger partial charge in [0.15, 0.2) is 5.82 Å². The zero-order valence-electron chi connectivity index (χ0n) is 17.6. The Morgan fingerprint density at radius 3 is 2.62 bits per heavy atom. The zero-order valence-corrected chi connectivity index (χ0v) is 19.8. The van der Waals surface area contributed by atoms with Crippen molar-refractivity contribution in [2.45, 2.75) is 31.5 Å². The maximum Gasteiger partial charge on any atom is 0.239 e. The van der Waals surface area contributed by atoms with E-state index in [1.54, 1.807) is 18.3 Å². The number of β-amino-alcohol motifs (C(OH)–C–C–N with tert-alkyl or cyclic N) is 1. The SMILES string of the molecule is C[C@@H](Nc1nc(N2CCN(C(=O)[C@H]3C[C@@H](O)CN3)CC2)ncc1Cl)c1ccc(Cl)cc1Cl. The summed E-state index contributed by atoms with van der Waals surface area (Å²) in [6.45, 7) is 4.79. The lowest BCUT2D eigenvalue weighted by atomic mass is 10.1. The molecule has 2 aliphatic rings. The first kappa shape index (κ1) is 23.3. The fourth-order valence-corrected chi connectivity index (χ4v) is 4.72. The summed E-state index contributed by atoms with van der Waals surface area (Å²) in [7, 11) is 0. The van der Waals surface area contributed by atoms with Gasteiger partial charge in [0.05, 0.1) is 24.4 Å². The zero-order chi connectivity index (χ0) is 22.8. The van der Waals surface area contributed by atoms with Crippen LogP contribution in [-0.2, 0) is 4.79 Å². The number of benzene rings is 1. The van der Waals surface area contributed by atoms with Crippen molar-refractivity contribution in [2.24, 2.45) is 0 Å². The fraction of sp³-hybridized carbons (Fsp3) is 0.476. The van der Waals surface area contributed by atoms with E-state index in [9.17, 15) is 9.90 Å². The van der Waals surface area contributed by atoms with Gasteiger partial charge >= 0.3 is 0 Å². The monoisotopic (exact) mass is 498 g/mol. The van der Waals surface area contributed by atoms with Crippen molar-refractivity contribution in [2.75, 3.05) is 42.9 Å². The summed E-state index contributed by atoms with van der Waals surface area (Å²) in [6, 6.07) is 4.90. The first-order valence-corrected chi connectivity index (χ1v) is 11.6. The summed E-state index contributed by atoms with van der Waals surface area (Å²) >= 11 is 18.7. The molecule has 3 heterocycles. The first-order chi connectivity index (χ1) is 15.3. The van der Waals surface area contributed by atoms with Crippen molar-refractivity contribution in [3.05, 3.63) is 45.0 Å². The number of carbonyl (C=O) groups is 1. The number of carbonyl (C=O) groups excluding carboxylic acids is 1. The van der Waals surface area contributed by atoms with Crippen LogP contribution in [0.5, 0.6) is 0 Å². The Morgan fingerprint density at radius 1 is 1.22 bits per heavy atom. The molecule has 0 saturated carbocycles. The van der Waals surface area contributed by atoms with E-state index in [4.69, 9.17) is 34.8 Å². The predicted molar refractivity (Wildman–Crippen MR) is 127 cm³/mol. The van der Waals surface area contributed by atoms with Gasteiger partial charge in [-0.05, 0) is 31.0 Å². The Balaban J connectivity index is 1.40. The van der Waals surface area contributed by atoms with Gasteiger partial charge in [0.1, 0.15) is 5.02 Å². The Labute approximate surface area is 201 Å². The van der Waals surface area contributed by atoms with Crippen LogP contribution in [0, 0.1) is 0 Å². The van der Waals surface area contributed by atoms with E-state index < -0.39 is 6.10 Å². The molecule has 1 aromatic carbocycles. The number of nitrogens with zero attached hydrogens (tertiary/aromatic N) is 4. The number of rotatable bonds is 5. The van der Waals surface area contributed by atoms with Crippen LogP contribution in [0.4, 0.5) is 11.8 Å². The summed E-state index contributed by atoms with van der Waals surface area (Å²) in [6.07, 6.45) is 1.58. The number of hydrogen-bond acceptors (Lipinski definition) is 7. The second kappa shape index (κ2) is 9.97. The molecule has 11 heteroatoms. The van der Waals surface area contributed by atoms with Gasteiger partial charge in [0.2, 0.25) is 11.9 Å². The van der Waals surface area contributed by atoms with E-state index in [1.165, 1.54) is 0 Å². The number of nitrogens with one attached hydrogen (secondary N) is 2. The minimum Gasteiger partial charge on any atom is -0.392 e. The molecule has 3 N–H and O–H groups in total. The van der Waals surface area contributed by atoms with Crippen LogP contribution in [0.3, 0.4) is 0 Å². The van der Waals surface area contributed by atoms with Crippen molar-refractivity contribution in [1.29, 1.82) is 0 Å². The van der Waals surface area contributed by atoms with Crippen molar-refractivity contribution < 1.29 is 9.90 Å². The smallest absolute Gasteiger partial charge is 0.239 e. The molecular weight excluding hydrogens is 475 g/mol. The second-order valence-corrected chi connectivity index (χ2v) is 9.31. The second-order valence-electron chi connectivity index (χ2n) is 8.06. The molecule has 2 fully saturated rings. The van der Waals surface area contributed by atoms with Crippen molar-refractivity contribution >= 4 is 52.5 Å². The topological polar surface area (TPSA) is 93.6 Å². The molecule has 2 aliphatic heterocycles. The van der Waals surface area contributed by atoms with Gasteiger partial charge < -0.3 is 25.5 Å². The number of aliphatic hydroxyl groups excluding tert-OH is 1. The van der Waals surface area contributed by atoms with Crippen LogP contribution in [-0.4, -0.2) is 70.8 Å². The third kappa shape index (κ3) is 5.21. The third-order valence-corrected chi connectivity index (χ3v) is 6.63. The Bertz CT molecular complexity index is 986. The van der Waals surface area contributed by atoms with E-state index in [1.807, 2.05) is 22.8 Å². The molecule has 3 atom stereocenters. The molecule has 1 amide bonds. The number of aliphatic hydroxyl groups is 1. The molecular formula is C21H25Cl3N6O2. The van der Waals surface area contributed by atoms with Gasteiger partial charge in [-0.1, -0.05) is 40.9 Å². The van der Waals surface area contributed by atoms with Gasteiger partial charge in [-0.25, -0.2) is 4.98 Å².